The first-order valence-corrected chi connectivity index (χ1v) is 10.00. The second kappa shape index (κ2) is 8.60. The number of carbonyl (C=O) groups is 1. The summed E-state index contributed by atoms with van der Waals surface area (Å²) >= 11 is 9.60. The molecule has 3 rings (SSSR count). The van der Waals surface area contributed by atoms with Crippen molar-refractivity contribution >= 4 is 33.6 Å². The van der Waals surface area contributed by atoms with Crippen LogP contribution in [-0.4, -0.2) is 59.8 Å². The molecule has 1 saturated carbocycles. The third-order valence-corrected chi connectivity index (χ3v) is 6.07. The van der Waals surface area contributed by atoms with Gasteiger partial charge in [0, 0.05) is 36.7 Å². The summed E-state index contributed by atoms with van der Waals surface area (Å²) in [4.78, 5) is 15.0. The molecule has 7 heteroatoms. The molecule has 1 heterocycles. The van der Waals surface area contributed by atoms with E-state index in [1.165, 1.54) is 4.90 Å². The molecule has 1 aliphatic carbocycles. The maximum atomic E-state index is 11.0. The molecule has 1 aromatic carbocycles. The van der Waals surface area contributed by atoms with Gasteiger partial charge in [0.1, 0.15) is 5.75 Å². The van der Waals surface area contributed by atoms with Gasteiger partial charge < -0.3 is 14.7 Å². The van der Waals surface area contributed by atoms with Gasteiger partial charge in [-0.15, -0.1) is 0 Å². The molecule has 25 heavy (non-hydrogen) atoms. The summed E-state index contributed by atoms with van der Waals surface area (Å²) in [5.74, 6) is 1.31. The largest absolute Gasteiger partial charge is 0.492 e. The van der Waals surface area contributed by atoms with Gasteiger partial charge in [-0.1, -0.05) is 27.5 Å². The maximum absolute atomic E-state index is 11.0. The van der Waals surface area contributed by atoms with Crippen molar-refractivity contribution in [1.82, 2.24) is 9.80 Å². The third-order valence-electron chi connectivity index (χ3n) is 5.29. The Hall–Kier alpha value is -0.980. The maximum Gasteiger partial charge on any atom is 0.407 e. The van der Waals surface area contributed by atoms with Gasteiger partial charge in [0.05, 0.1) is 11.6 Å². The number of benzene rings is 1. The van der Waals surface area contributed by atoms with Gasteiger partial charge in [0.2, 0.25) is 0 Å². The van der Waals surface area contributed by atoms with E-state index in [9.17, 15) is 4.79 Å². The highest BCUT2D eigenvalue weighted by atomic mass is 79.9. The number of hydrogen-bond donors (Lipinski definition) is 1. The molecule has 1 N–H and O–H groups in total. The predicted molar refractivity (Wildman–Crippen MR) is 102 cm³/mol. The molecule has 0 spiro atoms. The average Bonchev–Trinajstić information content (AvgIpc) is 2.61. The molecule has 0 bridgehead atoms. The number of amides is 1. The lowest BCUT2D eigenvalue weighted by Gasteiger charge is -2.41. The zero-order valence-electron chi connectivity index (χ0n) is 14.2. The van der Waals surface area contributed by atoms with Gasteiger partial charge in [-0.2, -0.15) is 0 Å². The van der Waals surface area contributed by atoms with Gasteiger partial charge in [-0.05, 0) is 49.8 Å². The number of halogens is 2. The topological polar surface area (TPSA) is 53.0 Å². The van der Waals surface area contributed by atoms with Crippen molar-refractivity contribution in [1.29, 1.82) is 0 Å². The molecule has 1 aliphatic heterocycles. The lowest BCUT2D eigenvalue weighted by atomic mass is 9.85. The molecule has 1 saturated heterocycles. The average molecular weight is 432 g/mol. The van der Waals surface area contributed by atoms with Crippen LogP contribution in [0.1, 0.15) is 25.7 Å². The summed E-state index contributed by atoms with van der Waals surface area (Å²) in [5, 5.41) is 9.68. The van der Waals surface area contributed by atoms with Crippen LogP contribution in [0.2, 0.25) is 5.02 Å². The predicted octanol–water partition coefficient (Wildman–Crippen LogP) is 4.34. The molecular weight excluding hydrogens is 408 g/mol. The molecule has 1 aromatic rings. The molecule has 2 aliphatic rings. The van der Waals surface area contributed by atoms with E-state index in [4.69, 9.17) is 21.4 Å². The van der Waals surface area contributed by atoms with Crippen molar-refractivity contribution in [2.24, 2.45) is 5.92 Å². The molecule has 138 valence electrons. The Morgan fingerprint density at radius 3 is 2.48 bits per heavy atom. The van der Waals surface area contributed by atoms with E-state index in [2.05, 4.69) is 20.8 Å². The molecular formula is C18H24BrClN2O3. The minimum Gasteiger partial charge on any atom is -0.492 e. The Balaban J connectivity index is 1.41. The number of carboxylic acid groups (broad SMARTS) is 1. The van der Waals surface area contributed by atoms with E-state index in [0.29, 0.717) is 36.7 Å². The normalized spacial score (nSPS) is 25.0. The first-order chi connectivity index (χ1) is 12.0. The van der Waals surface area contributed by atoms with Crippen LogP contribution in [0, 0.1) is 5.92 Å². The van der Waals surface area contributed by atoms with Crippen molar-refractivity contribution in [3.63, 3.8) is 0 Å². The van der Waals surface area contributed by atoms with E-state index < -0.39 is 6.09 Å². The zero-order chi connectivity index (χ0) is 17.8. The second-order valence-corrected chi connectivity index (χ2v) is 8.19. The van der Waals surface area contributed by atoms with E-state index in [1.807, 2.05) is 18.2 Å². The molecule has 2 fully saturated rings. The number of ether oxygens (including phenoxy) is 1. The lowest BCUT2D eigenvalue weighted by molar-refractivity contribution is 0.0619. The number of piperazine rings is 1. The highest BCUT2D eigenvalue weighted by Gasteiger charge is 2.29. The molecule has 0 unspecified atom stereocenters. The Bertz CT molecular complexity index is 600. The minimum atomic E-state index is -0.799. The van der Waals surface area contributed by atoms with Gasteiger partial charge in [0.25, 0.3) is 0 Å². The quantitative estimate of drug-likeness (QED) is 0.771. The third kappa shape index (κ3) is 5.02. The van der Waals surface area contributed by atoms with Crippen molar-refractivity contribution in [3.05, 3.63) is 27.7 Å². The van der Waals surface area contributed by atoms with Crippen LogP contribution in [0.5, 0.6) is 5.75 Å². The molecule has 5 nitrogen and oxygen atoms in total. The van der Waals surface area contributed by atoms with E-state index in [-0.39, 0.29) is 0 Å². The number of rotatable bonds is 4. The van der Waals surface area contributed by atoms with Crippen molar-refractivity contribution < 1.29 is 14.6 Å². The Kier molecular flexibility index (Phi) is 6.47. The minimum absolute atomic E-state index is 0.566. The molecule has 0 radical (unpaired) electrons. The van der Waals surface area contributed by atoms with Crippen LogP contribution in [0.3, 0.4) is 0 Å². The van der Waals surface area contributed by atoms with Crippen molar-refractivity contribution in [3.8, 4) is 5.75 Å². The van der Waals surface area contributed by atoms with Gasteiger partial charge >= 0.3 is 6.09 Å². The Morgan fingerprint density at radius 2 is 1.88 bits per heavy atom. The second-order valence-electron chi connectivity index (χ2n) is 6.87. The van der Waals surface area contributed by atoms with Crippen molar-refractivity contribution in [2.75, 3.05) is 32.8 Å². The van der Waals surface area contributed by atoms with Crippen LogP contribution >= 0.6 is 27.5 Å². The standard InChI is InChI=1S/C18H24BrClN2O3/c19-14-3-6-17(16(20)11-14)25-12-13-1-4-15(5-2-13)21-7-9-22(10-8-21)18(23)24/h3,6,11,13,15H,1-2,4-5,7-10,12H2,(H,23,24)/t13-,15-. The van der Waals surface area contributed by atoms with Crippen LogP contribution < -0.4 is 4.74 Å². The van der Waals surface area contributed by atoms with Crippen LogP contribution in [0.4, 0.5) is 4.79 Å². The van der Waals surface area contributed by atoms with Crippen LogP contribution in [0.15, 0.2) is 22.7 Å². The monoisotopic (exact) mass is 430 g/mol. The van der Waals surface area contributed by atoms with E-state index >= 15 is 0 Å². The summed E-state index contributed by atoms with van der Waals surface area (Å²) in [6.45, 7) is 3.67. The number of nitrogens with zero attached hydrogens (tertiary/aromatic N) is 2. The molecule has 0 aromatic heterocycles. The fourth-order valence-electron chi connectivity index (χ4n) is 3.75. The van der Waals surface area contributed by atoms with Gasteiger partial charge in [-0.25, -0.2) is 4.79 Å². The first kappa shape index (κ1) is 18.8. The summed E-state index contributed by atoms with van der Waals surface area (Å²) in [7, 11) is 0. The van der Waals surface area contributed by atoms with E-state index in [1.54, 1.807) is 0 Å². The highest BCUT2D eigenvalue weighted by Crippen LogP contribution is 2.31. The molecule has 1 amide bonds. The van der Waals surface area contributed by atoms with Gasteiger partial charge in [0.15, 0.2) is 0 Å². The Labute approximate surface area is 162 Å². The van der Waals surface area contributed by atoms with Crippen LogP contribution in [-0.2, 0) is 0 Å². The lowest BCUT2D eigenvalue weighted by Crippen LogP contribution is -2.52. The van der Waals surface area contributed by atoms with Crippen LogP contribution in [0.25, 0.3) is 0 Å². The summed E-state index contributed by atoms with van der Waals surface area (Å²) in [6.07, 6.45) is 3.83. The summed E-state index contributed by atoms with van der Waals surface area (Å²) in [6, 6.07) is 6.28. The first-order valence-electron chi connectivity index (χ1n) is 8.82. The fourth-order valence-corrected chi connectivity index (χ4v) is 4.48. The smallest absolute Gasteiger partial charge is 0.407 e. The molecule has 0 atom stereocenters. The van der Waals surface area contributed by atoms with Gasteiger partial charge in [-0.3, -0.25) is 4.90 Å². The fraction of sp³-hybridized carbons (Fsp3) is 0.611. The highest BCUT2D eigenvalue weighted by molar-refractivity contribution is 9.10. The van der Waals surface area contributed by atoms with Crippen molar-refractivity contribution in [2.45, 2.75) is 31.7 Å². The summed E-state index contributed by atoms with van der Waals surface area (Å²) in [5.41, 5.74) is 0. The zero-order valence-corrected chi connectivity index (χ0v) is 16.5. The number of hydrogen-bond acceptors (Lipinski definition) is 3. The Morgan fingerprint density at radius 1 is 1.20 bits per heavy atom. The van der Waals surface area contributed by atoms with E-state index in [0.717, 1.165) is 49.0 Å². The summed E-state index contributed by atoms with van der Waals surface area (Å²) < 4.78 is 6.87. The SMILES string of the molecule is O=C(O)N1CCN([C@H]2CC[C@H](COc3ccc(Br)cc3Cl)CC2)CC1.